The van der Waals surface area contributed by atoms with Crippen LogP contribution in [0, 0.1) is 20.8 Å². The number of aromatic nitrogens is 2. The average Bonchev–Trinajstić information content (AvgIpc) is 2.83. The Kier molecular flexibility index (Phi) is 5.70. The van der Waals surface area contributed by atoms with E-state index in [4.69, 9.17) is 0 Å². The zero-order valence-corrected chi connectivity index (χ0v) is 14.4. The third-order valence-corrected chi connectivity index (χ3v) is 3.68. The summed E-state index contributed by atoms with van der Waals surface area (Å²) in [6.45, 7) is 5.95. The number of hydrogen-bond acceptors (Lipinski definition) is 4. The molecule has 0 aliphatic carbocycles. The monoisotopic (exact) mass is 329 g/mol. The van der Waals surface area contributed by atoms with Crippen LogP contribution in [0.2, 0.25) is 0 Å². The van der Waals surface area contributed by atoms with E-state index >= 15 is 0 Å². The number of hydrogen-bond donors (Lipinski definition) is 3. The van der Waals surface area contributed by atoms with Gasteiger partial charge in [-0.05, 0) is 32.9 Å². The molecule has 7 heteroatoms. The van der Waals surface area contributed by atoms with Gasteiger partial charge in [0.15, 0.2) is 0 Å². The third-order valence-electron chi connectivity index (χ3n) is 3.68. The van der Waals surface area contributed by atoms with Crippen LogP contribution in [0.25, 0.3) is 5.69 Å². The summed E-state index contributed by atoms with van der Waals surface area (Å²) in [7, 11) is 1.55. The van der Waals surface area contributed by atoms with Crippen LogP contribution in [0.3, 0.4) is 0 Å². The second-order valence-corrected chi connectivity index (χ2v) is 5.62. The first-order chi connectivity index (χ1) is 11.4. The average molecular weight is 329 g/mol. The Labute approximate surface area is 141 Å². The molecule has 2 amide bonds. The molecule has 0 saturated carbocycles. The molecule has 2 aromatic rings. The molecule has 7 nitrogen and oxygen atoms in total. The summed E-state index contributed by atoms with van der Waals surface area (Å²) >= 11 is 0. The predicted octanol–water partition coefficient (Wildman–Crippen LogP) is 1.07. The lowest BCUT2D eigenvalue weighted by Crippen LogP contribution is -2.36. The van der Waals surface area contributed by atoms with Gasteiger partial charge in [-0.25, -0.2) is 4.68 Å². The van der Waals surface area contributed by atoms with Gasteiger partial charge in [0.05, 0.1) is 35.9 Å². The minimum Gasteiger partial charge on any atom is -0.358 e. The topological polar surface area (TPSA) is 88.1 Å². The van der Waals surface area contributed by atoms with E-state index in [2.05, 4.69) is 21.0 Å². The molecule has 1 aromatic heterocycles. The van der Waals surface area contributed by atoms with Gasteiger partial charge >= 0.3 is 0 Å². The van der Waals surface area contributed by atoms with Crippen molar-refractivity contribution in [2.24, 2.45) is 0 Å². The summed E-state index contributed by atoms with van der Waals surface area (Å²) in [6.07, 6.45) is 0. The summed E-state index contributed by atoms with van der Waals surface area (Å²) in [5.74, 6) is -0.379. The van der Waals surface area contributed by atoms with E-state index in [1.54, 1.807) is 7.05 Å². The highest BCUT2D eigenvalue weighted by Gasteiger charge is 2.15. The van der Waals surface area contributed by atoms with E-state index in [0.29, 0.717) is 5.69 Å². The normalized spacial score (nSPS) is 10.5. The highest BCUT2D eigenvalue weighted by Crippen LogP contribution is 2.22. The Morgan fingerprint density at radius 2 is 1.67 bits per heavy atom. The standard InChI is InChI=1S/C17H23N5O2/c1-11-5-7-14(8-6-11)22-13(3)17(12(2)21-22)20-16(24)10-19-9-15(23)18-4/h5-8,19H,9-10H2,1-4H3,(H,18,23)(H,20,24). The Balaban J connectivity index is 2.07. The second-order valence-electron chi connectivity index (χ2n) is 5.62. The number of carbonyl (C=O) groups is 2. The molecule has 3 N–H and O–H groups in total. The molecule has 0 fully saturated rings. The fraction of sp³-hybridized carbons (Fsp3) is 0.353. The van der Waals surface area contributed by atoms with E-state index in [1.807, 2.05) is 49.7 Å². The SMILES string of the molecule is CNC(=O)CNCC(=O)Nc1c(C)nn(-c2ccc(C)cc2)c1C. The van der Waals surface area contributed by atoms with Crippen LogP contribution in [0.15, 0.2) is 24.3 Å². The molecule has 0 aliphatic heterocycles. The van der Waals surface area contributed by atoms with Crippen molar-refractivity contribution in [3.8, 4) is 5.69 Å². The van der Waals surface area contributed by atoms with Crippen LogP contribution >= 0.6 is 0 Å². The number of nitrogens with one attached hydrogen (secondary N) is 3. The van der Waals surface area contributed by atoms with Crippen molar-refractivity contribution in [2.45, 2.75) is 20.8 Å². The molecule has 0 saturated heterocycles. The van der Waals surface area contributed by atoms with Gasteiger partial charge in [0.1, 0.15) is 0 Å². The van der Waals surface area contributed by atoms with Crippen molar-refractivity contribution in [1.29, 1.82) is 0 Å². The Morgan fingerprint density at radius 1 is 1.04 bits per heavy atom. The van der Waals surface area contributed by atoms with Crippen molar-refractivity contribution in [1.82, 2.24) is 20.4 Å². The second kappa shape index (κ2) is 7.74. The van der Waals surface area contributed by atoms with Crippen LogP contribution in [0.5, 0.6) is 0 Å². The van der Waals surface area contributed by atoms with E-state index in [-0.39, 0.29) is 24.9 Å². The zero-order valence-electron chi connectivity index (χ0n) is 14.4. The van der Waals surface area contributed by atoms with Gasteiger partial charge in [0.2, 0.25) is 11.8 Å². The third kappa shape index (κ3) is 4.20. The zero-order chi connectivity index (χ0) is 17.7. The molecular formula is C17H23N5O2. The van der Waals surface area contributed by atoms with Crippen molar-refractivity contribution < 1.29 is 9.59 Å². The number of rotatable bonds is 6. The van der Waals surface area contributed by atoms with E-state index in [9.17, 15) is 9.59 Å². The summed E-state index contributed by atoms with van der Waals surface area (Å²) < 4.78 is 1.81. The molecule has 0 aliphatic rings. The molecule has 128 valence electrons. The number of nitrogens with zero attached hydrogens (tertiary/aromatic N) is 2. The first-order valence-corrected chi connectivity index (χ1v) is 7.76. The molecule has 24 heavy (non-hydrogen) atoms. The first kappa shape index (κ1) is 17.7. The lowest BCUT2D eigenvalue weighted by Gasteiger charge is -2.08. The largest absolute Gasteiger partial charge is 0.358 e. The van der Waals surface area contributed by atoms with Crippen LogP contribution in [0.1, 0.15) is 17.0 Å². The van der Waals surface area contributed by atoms with Gasteiger partial charge in [0.25, 0.3) is 0 Å². The van der Waals surface area contributed by atoms with Crippen molar-refractivity contribution >= 4 is 17.5 Å². The van der Waals surface area contributed by atoms with Gasteiger partial charge in [-0.15, -0.1) is 0 Å². The Bertz CT molecular complexity index is 734. The molecule has 1 heterocycles. The van der Waals surface area contributed by atoms with Crippen LogP contribution in [-0.4, -0.2) is 41.7 Å². The van der Waals surface area contributed by atoms with Gasteiger partial charge in [-0.2, -0.15) is 5.10 Å². The minimum absolute atomic E-state index is 0.0576. The number of likely N-dealkylation sites (N-methyl/N-ethyl adjacent to an activating group) is 1. The summed E-state index contributed by atoms with van der Waals surface area (Å²) in [5, 5.41) is 12.6. The summed E-state index contributed by atoms with van der Waals surface area (Å²) in [6, 6.07) is 8.02. The number of amides is 2. The van der Waals surface area contributed by atoms with Crippen molar-refractivity contribution in [3.63, 3.8) is 0 Å². The van der Waals surface area contributed by atoms with Crippen molar-refractivity contribution in [3.05, 3.63) is 41.2 Å². The predicted molar refractivity (Wildman–Crippen MR) is 93.3 cm³/mol. The maximum Gasteiger partial charge on any atom is 0.238 e. The lowest BCUT2D eigenvalue weighted by molar-refractivity contribution is -0.120. The van der Waals surface area contributed by atoms with Gasteiger partial charge in [-0.1, -0.05) is 17.7 Å². The van der Waals surface area contributed by atoms with E-state index in [1.165, 1.54) is 5.56 Å². The van der Waals surface area contributed by atoms with E-state index < -0.39 is 0 Å². The maximum atomic E-state index is 12.0. The molecule has 0 radical (unpaired) electrons. The van der Waals surface area contributed by atoms with Gasteiger partial charge in [0, 0.05) is 7.05 Å². The molecule has 0 bridgehead atoms. The maximum absolute atomic E-state index is 12.0. The fourth-order valence-electron chi connectivity index (χ4n) is 2.32. The lowest BCUT2D eigenvalue weighted by atomic mass is 10.2. The molecule has 2 rings (SSSR count). The Hall–Kier alpha value is -2.67. The van der Waals surface area contributed by atoms with Gasteiger partial charge < -0.3 is 10.6 Å². The highest BCUT2D eigenvalue weighted by molar-refractivity contribution is 5.93. The molecule has 0 spiro atoms. The van der Waals surface area contributed by atoms with Crippen LogP contribution in [0.4, 0.5) is 5.69 Å². The van der Waals surface area contributed by atoms with Crippen molar-refractivity contribution in [2.75, 3.05) is 25.5 Å². The smallest absolute Gasteiger partial charge is 0.238 e. The number of anilines is 1. The first-order valence-electron chi connectivity index (χ1n) is 7.76. The molecular weight excluding hydrogens is 306 g/mol. The summed E-state index contributed by atoms with van der Waals surface area (Å²) in [4.78, 5) is 23.2. The van der Waals surface area contributed by atoms with E-state index in [0.717, 1.165) is 17.1 Å². The van der Waals surface area contributed by atoms with Gasteiger partial charge in [-0.3, -0.25) is 14.9 Å². The highest BCUT2D eigenvalue weighted by atomic mass is 16.2. The quantitative estimate of drug-likeness (QED) is 0.740. The molecule has 0 atom stereocenters. The fourth-order valence-corrected chi connectivity index (χ4v) is 2.32. The van der Waals surface area contributed by atoms with Crippen LogP contribution in [-0.2, 0) is 9.59 Å². The molecule has 0 unspecified atom stereocenters. The Morgan fingerprint density at radius 3 is 2.29 bits per heavy atom. The number of carbonyl (C=O) groups excluding carboxylic acids is 2. The minimum atomic E-state index is -0.214. The summed E-state index contributed by atoms with van der Waals surface area (Å²) in [5.41, 5.74) is 4.42. The molecule has 1 aromatic carbocycles. The van der Waals surface area contributed by atoms with Crippen LogP contribution < -0.4 is 16.0 Å². The number of benzene rings is 1. The number of aryl methyl sites for hydroxylation is 2.